The van der Waals surface area contributed by atoms with Crippen LogP contribution in [0.3, 0.4) is 0 Å². The first-order valence-corrected chi connectivity index (χ1v) is 6.39. The Morgan fingerprint density at radius 3 is 2.72 bits per heavy atom. The highest BCUT2D eigenvalue weighted by molar-refractivity contribution is 7.15. The summed E-state index contributed by atoms with van der Waals surface area (Å²) in [5.74, 6) is 0.904. The second-order valence-corrected chi connectivity index (χ2v) is 5.11. The van der Waals surface area contributed by atoms with Crippen LogP contribution in [0.15, 0.2) is 24.3 Å². The molecule has 0 atom stereocenters. The number of rotatable bonds is 5. The second-order valence-electron chi connectivity index (χ2n) is 4.02. The lowest BCUT2D eigenvalue weighted by Gasteiger charge is -2.16. The average Bonchev–Trinajstić information content (AvgIpc) is 2.75. The van der Waals surface area contributed by atoms with Gasteiger partial charge in [0.05, 0.1) is 13.7 Å². The summed E-state index contributed by atoms with van der Waals surface area (Å²) in [6.07, 6.45) is 0. The van der Waals surface area contributed by atoms with Crippen LogP contribution in [0.2, 0.25) is 0 Å². The van der Waals surface area contributed by atoms with Crippen molar-refractivity contribution in [1.82, 2.24) is 15.1 Å². The van der Waals surface area contributed by atoms with Gasteiger partial charge in [0.25, 0.3) is 0 Å². The summed E-state index contributed by atoms with van der Waals surface area (Å²) in [4.78, 5) is 2.15. The molecule has 2 aromatic rings. The van der Waals surface area contributed by atoms with Crippen LogP contribution in [0.4, 0.5) is 5.13 Å². The van der Waals surface area contributed by atoms with Crippen LogP contribution in [-0.4, -0.2) is 29.3 Å². The van der Waals surface area contributed by atoms with Gasteiger partial charge in [-0.1, -0.05) is 29.5 Å². The Hall–Kier alpha value is -1.66. The summed E-state index contributed by atoms with van der Waals surface area (Å²) in [6.45, 7) is 1.52. The maximum absolute atomic E-state index is 5.56. The van der Waals surface area contributed by atoms with E-state index in [0.717, 1.165) is 29.4 Å². The molecule has 0 unspecified atom stereocenters. The summed E-state index contributed by atoms with van der Waals surface area (Å²) < 4.78 is 5.33. The highest BCUT2D eigenvalue weighted by Gasteiger charge is 2.08. The van der Waals surface area contributed by atoms with Crippen molar-refractivity contribution in [2.24, 2.45) is 0 Å². The van der Waals surface area contributed by atoms with Crippen molar-refractivity contribution in [3.8, 4) is 5.75 Å². The van der Waals surface area contributed by atoms with E-state index < -0.39 is 0 Å². The Balaban J connectivity index is 2.00. The molecule has 2 rings (SSSR count). The third kappa shape index (κ3) is 3.18. The van der Waals surface area contributed by atoms with E-state index in [1.807, 2.05) is 25.2 Å². The molecule has 0 aliphatic carbocycles. The van der Waals surface area contributed by atoms with Crippen LogP contribution < -0.4 is 10.5 Å². The van der Waals surface area contributed by atoms with Crippen LogP contribution in [0.5, 0.6) is 5.75 Å². The van der Waals surface area contributed by atoms with Gasteiger partial charge in [0.1, 0.15) is 10.8 Å². The Morgan fingerprint density at radius 1 is 1.28 bits per heavy atom. The van der Waals surface area contributed by atoms with Gasteiger partial charge in [-0.25, -0.2) is 0 Å². The molecule has 18 heavy (non-hydrogen) atoms. The average molecular weight is 264 g/mol. The van der Waals surface area contributed by atoms with Crippen molar-refractivity contribution in [2.75, 3.05) is 19.9 Å². The highest BCUT2D eigenvalue weighted by atomic mass is 32.1. The molecule has 1 aromatic carbocycles. The molecule has 0 aliphatic rings. The van der Waals surface area contributed by atoms with E-state index in [1.54, 1.807) is 7.11 Å². The molecule has 0 fully saturated rings. The van der Waals surface area contributed by atoms with Gasteiger partial charge >= 0.3 is 0 Å². The molecule has 0 aliphatic heterocycles. The number of hydrogen-bond donors (Lipinski definition) is 1. The van der Waals surface area contributed by atoms with E-state index in [9.17, 15) is 0 Å². The van der Waals surface area contributed by atoms with E-state index >= 15 is 0 Å². The van der Waals surface area contributed by atoms with E-state index in [0.29, 0.717) is 5.13 Å². The van der Waals surface area contributed by atoms with Gasteiger partial charge < -0.3 is 10.5 Å². The number of methoxy groups -OCH3 is 1. The van der Waals surface area contributed by atoms with Gasteiger partial charge in [-0.2, -0.15) is 0 Å². The summed E-state index contributed by atoms with van der Waals surface area (Å²) in [7, 11) is 3.72. The van der Waals surface area contributed by atoms with Crippen LogP contribution >= 0.6 is 11.3 Å². The Bertz CT molecular complexity index is 514. The maximum Gasteiger partial charge on any atom is 0.203 e. The number of para-hydroxylation sites is 1. The molecule has 0 bridgehead atoms. The van der Waals surface area contributed by atoms with E-state index in [1.165, 1.54) is 11.3 Å². The van der Waals surface area contributed by atoms with Crippen molar-refractivity contribution in [3.63, 3.8) is 0 Å². The summed E-state index contributed by atoms with van der Waals surface area (Å²) >= 11 is 1.42. The number of nitrogens with two attached hydrogens (primary N) is 1. The molecule has 0 saturated heterocycles. The topological polar surface area (TPSA) is 64.3 Å². The zero-order valence-electron chi connectivity index (χ0n) is 10.5. The van der Waals surface area contributed by atoms with E-state index in [4.69, 9.17) is 10.5 Å². The van der Waals surface area contributed by atoms with Crippen LogP contribution in [0.25, 0.3) is 0 Å². The number of hydrogen-bond acceptors (Lipinski definition) is 6. The second kappa shape index (κ2) is 5.79. The van der Waals surface area contributed by atoms with E-state index in [2.05, 4.69) is 21.2 Å². The van der Waals surface area contributed by atoms with Crippen LogP contribution in [0.1, 0.15) is 10.6 Å². The molecule has 1 heterocycles. The number of nitrogen functional groups attached to an aromatic ring is 1. The van der Waals surface area contributed by atoms with Gasteiger partial charge in [0, 0.05) is 12.1 Å². The standard InChI is InChI=1S/C12H16N4OS/c1-16(8-11-14-15-12(13)18-11)7-9-5-3-4-6-10(9)17-2/h3-6H,7-8H2,1-2H3,(H2,13,15). The Labute approximate surface area is 110 Å². The number of nitrogens with zero attached hydrogens (tertiary/aromatic N) is 3. The number of aromatic nitrogens is 2. The summed E-state index contributed by atoms with van der Waals surface area (Å²) in [5, 5.41) is 9.25. The number of anilines is 1. The third-order valence-corrected chi connectivity index (χ3v) is 3.26. The minimum atomic E-state index is 0.510. The fraction of sp³-hybridized carbons (Fsp3) is 0.333. The molecule has 6 heteroatoms. The lowest BCUT2D eigenvalue weighted by molar-refractivity contribution is 0.309. The lowest BCUT2D eigenvalue weighted by Crippen LogP contribution is -2.17. The zero-order chi connectivity index (χ0) is 13.0. The smallest absolute Gasteiger partial charge is 0.203 e. The monoisotopic (exact) mass is 264 g/mol. The van der Waals surface area contributed by atoms with Gasteiger partial charge in [-0.05, 0) is 13.1 Å². The molecule has 1 aromatic heterocycles. The van der Waals surface area contributed by atoms with Crippen molar-refractivity contribution in [3.05, 3.63) is 34.8 Å². The first-order valence-electron chi connectivity index (χ1n) is 5.57. The molecule has 0 saturated carbocycles. The van der Waals surface area contributed by atoms with Gasteiger partial charge in [-0.15, -0.1) is 10.2 Å². The molecule has 96 valence electrons. The molecule has 0 radical (unpaired) electrons. The summed E-state index contributed by atoms with van der Waals surface area (Å²) in [5.41, 5.74) is 6.71. The quantitative estimate of drug-likeness (QED) is 0.891. The van der Waals surface area contributed by atoms with E-state index in [-0.39, 0.29) is 0 Å². The minimum absolute atomic E-state index is 0.510. The van der Waals surface area contributed by atoms with Crippen molar-refractivity contribution in [1.29, 1.82) is 0 Å². The Kier molecular flexibility index (Phi) is 4.11. The normalized spacial score (nSPS) is 10.8. The van der Waals surface area contributed by atoms with Crippen molar-refractivity contribution in [2.45, 2.75) is 13.1 Å². The first-order chi connectivity index (χ1) is 8.69. The first kappa shape index (κ1) is 12.8. The predicted molar refractivity (Wildman–Crippen MR) is 72.5 cm³/mol. The van der Waals surface area contributed by atoms with Gasteiger partial charge in [0.2, 0.25) is 5.13 Å². The SMILES string of the molecule is COc1ccccc1CN(C)Cc1nnc(N)s1. The van der Waals surface area contributed by atoms with Crippen LogP contribution in [0, 0.1) is 0 Å². The Morgan fingerprint density at radius 2 is 2.06 bits per heavy atom. The van der Waals surface area contributed by atoms with Crippen molar-refractivity contribution < 1.29 is 4.74 Å². The van der Waals surface area contributed by atoms with Crippen LogP contribution in [-0.2, 0) is 13.1 Å². The van der Waals surface area contributed by atoms with Crippen molar-refractivity contribution >= 4 is 16.5 Å². The number of benzene rings is 1. The minimum Gasteiger partial charge on any atom is -0.496 e. The largest absolute Gasteiger partial charge is 0.496 e. The number of ether oxygens (including phenoxy) is 1. The summed E-state index contributed by atoms with van der Waals surface area (Å²) in [6, 6.07) is 8.00. The predicted octanol–water partition coefficient (Wildman–Crippen LogP) is 1.76. The fourth-order valence-corrected chi connectivity index (χ4v) is 2.43. The molecular weight excluding hydrogens is 248 g/mol. The molecule has 2 N–H and O–H groups in total. The fourth-order valence-electron chi connectivity index (χ4n) is 1.74. The third-order valence-electron chi connectivity index (χ3n) is 2.52. The zero-order valence-corrected chi connectivity index (χ0v) is 11.3. The highest BCUT2D eigenvalue weighted by Crippen LogP contribution is 2.20. The molecule has 0 spiro atoms. The molecule has 5 nitrogen and oxygen atoms in total. The van der Waals surface area contributed by atoms with Gasteiger partial charge in [0.15, 0.2) is 0 Å². The lowest BCUT2D eigenvalue weighted by atomic mass is 10.2. The maximum atomic E-state index is 5.56. The van der Waals surface area contributed by atoms with Gasteiger partial charge in [-0.3, -0.25) is 4.90 Å². The molecule has 0 amide bonds. The molecular formula is C12H16N4OS.